The predicted octanol–water partition coefficient (Wildman–Crippen LogP) is 4.74. The largest absolute Gasteiger partial charge is 0.457 e. The number of rotatable bonds is 3. The molecule has 0 amide bonds. The zero-order chi connectivity index (χ0) is 19.0. The molecule has 2 aliphatic rings. The number of benzene rings is 2. The van der Waals surface area contributed by atoms with Gasteiger partial charge >= 0.3 is 0 Å². The molecule has 2 aromatic rings. The molecule has 4 rings (SSSR count). The molecule has 0 aromatic heterocycles. The second kappa shape index (κ2) is 7.03. The zero-order valence-electron chi connectivity index (χ0n) is 14.0. The van der Waals surface area contributed by atoms with Crippen LogP contribution in [0.1, 0.15) is 5.56 Å². The minimum absolute atomic E-state index is 0.000199. The number of sulfonamides is 1. The predicted molar refractivity (Wildman–Crippen MR) is 108 cm³/mol. The van der Waals surface area contributed by atoms with Crippen LogP contribution in [-0.2, 0) is 10.0 Å². The average molecular weight is 421 g/mol. The van der Waals surface area contributed by atoms with Gasteiger partial charge in [-0.1, -0.05) is 29.3 Å². The van der Waals surface area contributed by atoms with Gasteiger partial charge in [-0.2, -0.15) is 0 Å². The van der Waals surface area contributed by atoms with Gasteiger partial charge in [0.2, 0.25) is 0 Å². The van der Waals surface area contributed by atoms with Crippen molar-refractivity contribution < 1.29 is 13.2 Å². The van der Waals surface area contributed by atoms with Gasteiger partial charge in [0.05, 0.1) is 15.8 Å². The number of allylic oxidation sites excluding steroid dienone is 2. The van der Waals surface area contributed by atoms with E-state index in [0.717, 1.165) is 11.3 Å². The van der Waals surface area contributed by atoms with Crippen molar-refractivity contribution in [3.63, 3.8) is 0 Å². The van der Waals surface area contributed by atoms with Gasteiger partial charge in [-0.05, 0) is 54.1 Å². The highest BCUT2D eigenvalue weighted by molar-refractivity contribution is 7.90. The van der Waals surface area contributed by atoms with E-state index >= 15 is 0 Å². The van der Waals surface area contributed by atoms with Crippen LogP contribution in [0.15, 0.2) is 65.1 Å². The van der Waals surface area contributed by atoms with Crippen LogP contribution >= 0.6 is 23.2 Å². The highest BCUT2D eigenvalue weighted by Crippen LogP contribution is 2.31. The smallest absolute Gasteiger partial charge is 0.256 e. The highest BCUT2D eigenvalue weighted by atomic mass is 35.5. The molecule has 0 atom stereocenters. The maximum Gasteiger partial charge on any atom is 0.256 e. The van der Waals surface area contributed by atoms with E-state index in [2.05, 4.69) is 4.40 Å². The van der Waals surface area contributed by atoms with E-state index in [0.29, 0.717) is 33.9 Å². The first-order valence-corrected chi connectivity index (χ1v) is 10.5. The molecule has 8 heteroatoms. The Morgan fingerprint density at radius 1 is 1.00 bits per heavy atom. The molecule has 2 aliphatic heterocycles. The molecule has 138 valence electrons. The number of amidine groups is 1. The van der Waals surface area contributed by atoms with Gasteiger partial charge in [0.15, 0.2) is 0 Å². The van der Waals surface area contributed by atoms with Crippen LogP contribution in [0.4, 0.5) is 0 Å². The molecule has 0 aliphatic carbocycles. The van der Waals surface area contributed by atoms with Gasteiger partial charge in [-0.25, -0.2) is 8.42 Å². The molecule has 0 N–H and O–H groups in total. The van der Waals surface area contributed by atoms with Crippen molar-refractivity contribution in [3.05, 3.63) is 76.3 Å². The van der Waals surface area contributed by atoms with E-state index < -0.39 is 10.0 Å². The first-order valence-electron chi connectivity index (χ1n) is 8.13. The number of halogens is 2. The summed E-state index contributed by atoms with van der Waals surface area (Å²) in [6.45, 7) is 0.374. The van der Waals surface area contributed by atoms with E-state index in [4.69, 9.17) is 27.9 Å². The zero-order valence-corrected chi connectivity index (χ0v) is 16.3. The first-order chi connectivity index (χ1) is 12.9. The first kappa shape index (κ1) is 18.1. The van der Waals surface area contributed by atoms with E-state index in [1.54, 1.807) is 30.4 Å². The summed E-state index contributed by atoms with van der Waals surface area (Å²) in [7, 11) is -3.38. The fourth-order valence-corrected chi connectivity index (χ4v) is 4.10. The Morgan fingerprint density at radius 2 is 1.74 bits per heavy atom. The number of fused-ring (bicyclic) bond motifs is 1. The van der Waals surface area contributed by atoms with Gasteiger partial charge in [0, 0.05) is 18.3 Å². The van der Waals surface area contributed by atoms with Crippen LogP contribution in [-0.4, -0.2) is 31.5 Å². The summed E-state index contributed by atoms with van der Waals surface area (Å²) in [4.78, 5) is 1.90. The molecule has 0 fully saturated rings. The van der Waals surface area contributed by atoms with Crippen molar-refractivity contribution in [2.24, 2.45) is 4.40 Å². The van der Waals surface area contributed by atoms with E-state index in [9.17, 15) is 8.42 Å². The lowest BCUT2D eigenvalue weighted by Crippen LogP contribution is -2.38. The molecule has 0 spiro atoms. The van der Waals surface area contributed by atoms with Crippen molar-refractivity contribution in [1.29, 1.82) is 0 Å². The normalized spacial score (nSPS) is 17.8. The summed E-state index contributed by atoms with van der Waals surface area (Å²) in [5, 5.41) is 0.898. The van der Waals surface area contributed by atoms with Crippen molar-refractivity contribution in [1.82, 2.24) is 4.90 Å². The van der Waals surface area contributed by atoms with E-state index in [1.165, 1.54) is 0 Å². The second-order valence-electron chi connectivity index (χ2n) is 6.00. The molecule has 0 bridgehead atoms. The number of hydrogen-bond donors (Lipinski definition) is 0. The lowest BCUT2D eigenvalue weighted by molar-refractivity contribution is 0.482. The van der Waals surface area contributed by atoms with Crippen LogP contribution in [0, 0.1) is 0 Å². The summed E-state index contributed by atoms with van der Waals surface area (Å²) in [5.41, 5.74) is 1.83. The van der Waals surface area contributed by atoms with Crippen molar-refractivity contribution in [2.75, 3.05) is 12.3 Å². The Morgan fingerprint density at radius 3 is 2.48 bits per heavy atom. The van der Waals surface area contributed by atoms with Gasteiger partial charge in [-0.15, -0.1) is 4.40 Å². The monoisotopic (exact) mass is 420 g/mol. The highest BCUT2D eigenvalue weighted by Gasteiger charge is 2.27. The average Bonchev–Trinajstić information content (AvgIpc) is 2.64. The molecule has 0 unspecified atom stereocenters. The third kappa shape index (κ3) is 3.88. The van der Waals surface area contributed by atoms with Crippen LogP contribution in [0.3, 0.4) is 0 Å². The van der Waals surface area contributed by atoms with Crippen LogP contribution in [0.5, 0.6) is 11.5 Å². The van der Waals surface area contributed by atoms with E-state index in [1.807, 2.05) is 35.2 Å². The van der Waals surface area contributed by atoms with E-state index in [-0.39, 0.29) is 5.75 Å². The molecule has 27 heavy (non-hydrogen) atoms. The molecule has 2 heterocycles. The summed E-state index contributed by atoms with van der Waals surface area (Å²) >= 11 is 11.9. The standard InChI is InChI=1S/C19H14Cl2N2O3S/c20-16-9-8-15(12-17(16)21)26-14-6-4-13(5-7-14)18-2-1-3-19-22-27(24,25)11-10-23(18)19/h1-9,12H,10-11H2. The molecule has 0 saturated carbocycles. The number of nitrogens with zero attached hydrogens (tertiary/aromatic N) is 2. The SMILES string of the molecule is O=S1(=O)CCN2C(c3ccc(Oc4ccc(Cl)c(Cl)c4)cc3)=CC=CC2=N1. The third-order valence-corrected chi connectivity index (χ3v) is 6.05. The summed E-state index contributed by atoms with van der Waals surface area (Å²) in [6.07, 6.45) is 5.43. The third-order valence-electron chi connectivity index (χ3n) is 4.15. The Hall–Kier alpha value is -2.28. The molecule has 0 saturated heterocycles. The van der Waals surface area contributed by atoms with Gasteiger partial charge < -0.3 is 9.64 Å². The van der Waals surface area contributed by atoms with Crippen molar-refractivity contribution >= 4 is 44.8 Å². The lowest BCUT2D eigenvalue weighted by atomic mass is 10.1. The Bertz CT molecular complexity index is 1090. The summed E-state index contributed by atoms with van der Waals surface area (Å²) in [6, 6.07) is 12.6. The van der Waals surface area contributed by atoms with Crippen LogP contribution in [0.25, 0.3) is 5.70 Å². The Kier molecular flexibility index (Phi) is 4.72. The number of ether oxygens (including phenoxy) is 1. The number of hydrogen-bond acceptors (Lipinski definition) is 4. The maximum atomic E-state index is 11.7. The quantitative estimate of drug-likeness (QED) is 0.719. The Balaban J connectivity index is 1.56. The molecular weight excluding hydrogens is 407 g/mol. The molecule has 5 nitrogen and oxygen atoms in total. The van der Waals surface area contributed by atoms with Crippen molar-refractivity contribution in [3.8, 4) is 11.5 Å². The molecular formula is C19H14Cl2N2O3S. The Labute approximate surface area is 167 Å². The van der Waals surface area contributed by atoms with Gasteiger partial charge in [-0.3, -0.25) is 0 Å². The van der Waals surface area contributed by atoms with Crippen LogP contribution in [0.2, 0.25) is 10.0 Å². The minimum Gasteiger partial charge on any atom is -0.457 e. The maximum absolute atomic E-state index is 11.7. The summed E-state index contributed by atoms with van der Waals surface area (Å²) in [5.74, 6) is 1.68. The molecule has 0 radical (unpaired) electrons. The topological polar surface area (TPSA) is 59.0 Å². The molecule has 2 aromatic carbocycles. The fraction of sp³-hybridized carbons (Fsp3) is 0.105. The fourth-order valence-electron chi connectivity index (χ4n) is 2.86. The van der Waals surface area contributed by atoms with Crippen LogP contribution < -0.4 is 4.74 Å². The van der Waals surface area contributed by atoms with Gasteiger partial charge in [0.1, 0.15) is 17.3 Å². The lowest BCUT2D eigenvalue weighted by Gasteiger charge is -2.31. The second-order valence-corrected chi connectivity index (χ2v) is 8.57. The van der Waals surface area contributed by atoms with Crippen molar-refractivity contribution in [2.45, 2.75) is 0 Å². The summed E-state index contributed by atoms with van der Waals surface area (Å²) < 4.78 is 33.1. The minimum atomic E-state index is -3.38. The van der Waals surface area contributed by atoms with Gasteiger partial charge in [0.25, 0.3) is 10.0 Å².